The summed E-state index contributed by atoms with van der Waals surface area (Å²) in [6, 6.07) is 4.58. The molecule has 1 aliphatic heterocycles. The van der Waals surface area contributed by atoms with E-state index in [2.05, 4.69) is 14.9 Å². The van der Waals surface area contributed by atoms with Gasteiger partial charge in [0.2, 0.25) is 10.0 Å². The summed E-state index contributed by atoms with van der Waals surface area (Å²) in [5.74, 6) is 0. The highest BCUT2D eigenvalue weighted by Crippen LogP contribution is 2.23. The first kappa shape index (κ1) is 14.3. The third-order valence-corrected chi connectivity index (χ3v) is 5.87. The molecule has 0 aliphatic carbocycles. The highest BCUT2D eigenvalue weighted by Gasteiger charge is 2.32. The molecule has 0 bridgehead atoms. The second kappa shape index (κ2) is 4.97. The Labute approximate surface area is 122 Å². The largest absolute Gasteiger partial charge is 0.323 e. The first-order valence-electron chi connectivity index (χ1n) is 6.80. The molecule has 2 aromatic rings. The van der Waals surface area contributed by atoms with Gasteiger partial charge in [0, 0.05) is 25.7 Å². The fourth-order valence-corrected chi connectivity index (χ4v) is 4.43. The van der Waals surface area contributed by atoms with Gasteiger partial charge in [-0.2, -0.15) is 4.31 Å². The standard InChI is InChI=1S/C13H18N4O3S/c1-9-8-16(2)5-6-17(9)21(19,20)10-3-4-11-12(7-10)15-13(18)14-11/h3-4,7,9H,5-6,8H2,1-2H3,(H2,14,15,18). The van der Waals surface area contributed by atoms with Gasteiger partial charge in [-0.3, -0.25) is 0 Å². The Morgan fingerprint density at radius 3 is 2.62 bits per heavy atom. The van der Waals surface area contributed by atoms with Crippen molar-refractivity contribution in [3.63, 3.8) is 0 Å². The lowest BCUT2D eigenvalue weighted by atomic mass is 10.2. The second-order valence-electron chi connectivity index (χ2n) is 5.51. The van der Waals surface area contributed by atoms with Crippen LogP contribution in [0.2, 0.25) is 0 Å². The third kappa shape index (κ3) is 2.50. The molecule has 0 radical (unpaired) electrons. The molecule has 1 aliphatic rings. The number of imidazole rings is 1. The number of hydrogen-bond donors (Lipinski definition) is 2. The minimum atomic E-state index is -3.55. The van der Waals surface area contributed by atoms with E-state index in [-0.39, 0.29) is 16.6 Å². The van der Waals surface area contributed by atoms with Crippen LogP contribution in [0.1, 0.15) is 6.92 Å². The zero-order chi connectivity index (χ0) is 15.2. The number of likely N-dealkylation sites (N-methyl/N-ethyl adjacent to an activating group) is 1. The van der Waals surface area contributed by atoms with Crippen LogP contribution in [0.4, 0.5) is 0 Å². The number of benzene rings is 1. The number of sulfonamides is 1. The van der Waals surface area contributed by atoms with Crippen molar-refractivity contribution < 1.29 is 8.42 Å². The monoisotopic (exact) mass is 310 g/mol. The number of aromatic nitrogens is 2. The maximum Gasteiger partial charge on any atom is 0.323 e. The first-order valence-corrected chi connectivity index (χ1v) is 8.24. The average molecular weight is 310 g/mol. The molecule has 1 fully saturated rings. The fourth-order valence-electron chi connectivity index (χ4n) is 2.79. The van der Waals surface area contributed by atoms with Gasteiger partial charge in [-0.15, -0.1) is 0 Å². The number of hydrogen-bond acceptors (Lipinski definition) is 4. The fraction of sp³-hybridized carbons (Fsp3) is 0.462. The van der Waals surface area contributed by atoms with Gasteiger partial charge in [0.15, 0.2) is 0 Å². The van der Waals surface area contributed by atoms with Crippen LogP contribution in [-0.4, -0.2) is 60.3 Å². The summed E-state index contributed by atoms with van der Waals surface area (Å²) in [6.45, 7) is 3.81. The Balaban J connectivity index is 2.01. The molecular formula is C13H18N4O3S. The predicted molar refractivity (Wildman–Crippen MR) is 79.8 cm³/mol. The molecule has 7 nitrogen and oxygen atoms in total. The van der Waals surface area contributed by atoms with E-state index in [0.717, 1.165) is 0 Å². The molecule has 3 rings (SSSR count). The van der Waals surface area contributed by atoms with Crippen LogP contribution in [-0.2, 0) is 10.0 Å². The highest BCUT2D eigenvalue weighted by atomic mass is 32.2. The van der Waals surface area contributed by atoms with Gasteiger partial charge < -0.3 is 14.9 Å². The van der Waals surface area contributed by atoms with Crippen LogP contribution in [0.25, 0.3) is 11.0 Å². The van der Waals surface area contributed by atoms with E-state index < -0.39 is 10.0 Å². The van der Waals surface area contributed by atoms with Gasteiger partial charge in [0.1, 0.15) is 0 Å². The molecule has 1 aromatic heterocycles. The normalized spacial score (nSPS) is 21.9. The zero-order valence-corrected chi connectivity index (χ0v) is 12.8. The van der Waals surface area contributed by atoms with Crippen LogP contribution in [0, 0.1) is 0 Å². The van der Waals surface area contributed by atoms with Crippen molar-refractivity contribution in [3.05, 3.63) is 28.7 Å². The second-order valence-corrected chi connectivity index (χ2v) is 7.40. The zero-order valence-electron chi connectivity index (χ0n) is 12.0. The summed E-state index contributed by atoms with van der Waals surface area (Å²) in [7, 11) is -1.56. The lowest BCUT2D eigenvalue weighted by molar-refractivity contribution is 0.170. The van der Waals surface area contributed by atoms with E-state index in [1.165, 1.54) is 16.4 Å². The SMILES string of the molecule is CC1CN(C)CCN1S(=O)(=O)c1ccc2[nH]c(=O)[nH]c2c1. The summed E-state index contributed by atoms with van der Waals surface area (Å²) in [5, 5.41) is 0. The number of nitrogens with zero attached hydrogens (tertiary/aromatic N) is 2. The number of piperazine rings is 1. The quantitative estimate of drug-likeness (QED) is 0.828. The molecule has 1 unspecified atom stereocenters. The number of fused-ring (bicyclic) bond motifs is 1. The molecule has 2 N–H and O–H groups in total. The van der Waals surface area contributed by atoms with Crippen molar-refractivity contribution in [1.29, 1.82) is 0 Å². The van der Waals surface area contributed by atoms with Gasteiger partial charge in [-0.1, -0.05) is 0 Å². The van der Waals surface area contributed by atoms with E-state index in [4.69, 9.17) is 0 Å². The third-order valence-electron chi connectivity index (χ3n) is 3.86. The Bertz CT molecular complexity index is 823. The van der Waals surface area contributed by atoms with Gasteiger partial charge in [-0.05, 0) is 32.2 Å². The van der Waals surface area contributed by atoms with Crippen molar-refractivity contribution in [3.8, 4) is 0 Å². The maximum atomic E-state index is 12.8. The van der Waals surface area contributed by atoms with E-state index in [1.54, 1.807) is 6.07 Å². The van der Waals surface area contributed by atoms with Crippen molar-refractivity contribution in [2.24, 2.45) is 0 Å². The van der Waals surface area contributed by atoms with Gasteiger partial charge in [0.25, 0.3) is 0 Å². The predicted octanol–water partition coefficient (Wildman–Crippen LogP) is 0.181. The summed E-state index contributed by atoms with van der Waals surface area (Å²) in [4.78, 5) is 18.8. The van der Waals surface area contributed by atoms with Crippen LogP contribution in [0.5, 0.6) is 0 Å². The molecule has 8 heteroatoms. The number of H-pyrrole nitrogens is 2. The first-order chi connectivity index (χ1) is 9.88. The lowest BCUT2D eigenvalue weighted by Crippen LogP contribution is -2.52. The molecule has 0 spiro atoms. The molecule has 21 heavy (non-hydrogen) atoms. The molecular weight excluding hydrogens is 292 g/mol. The molecule has 2 heterocycles. The molecule has 0 amide bonds. The molecule has 0 saturated carbocycles. The van der Waals surface area contributed by atoms with Crippen molar-refractivity contribution in [2.45, 2.75) is 17.9 Å². The molecule has 1 saturated heterocycles. The van der Waals surface area contributed by atoms with E-state index in [1.807, 2.05) is 14.0 Å². The lowest BCUT2D eigenvalue weighted by Gasteiger charge is -2.37. The van der Waals surface area contributed by atoms with E-state index >= 15 is 0 Å². The van der Waals surface area contributed by atoms with Gasteiger partial charge in [0.05, 0.1) is 15.9 Å². The summed E-state index contributed by atoms with van der Waals surface area (Å²) in [6.07, 6.45) is 0. The van der Waals surface area contributed by atoms with Crippen LogP contribution in [0.3, 0.4) is 0 Å². The summed E-state index contributed by atoms with van der Waals surface area (Å²) >= 11 is 0. The average Bonchev–Trinajstić information content (AvgIpc) is 2.77. The minimum absolute atomic E-state index is 0.0743. The highest BCUT2D eigenvalue weighted by molar-refractivity contribution is 7.89. The van der Waals surface area contributed by atoms with Crippen molar-refractivity contribution in [1.82, 2.24) is 19.2 Å². The van der Waals surface area contributed by atoms with E-state index in [9.17, 15) is 13.2 Å². The Kier molecular flexibility index (Phi) is 3.39. The van der Waals surface area contributed by atoms with E-state index in [0.29, 0.717) is 30.7 Å². The summed E-state index contributed by atoms with van der Waals surface area (Å²) < 4.78 is 27.0. The minimum Gasteiger partial charge on any atom is -0.306 e. The molecule has 114 valence electrons. The summed E-state index contributed by atoms with van der Waals surface area (Å²) in [5.41, 5.74) is 0.765. The van der Waals surface area contributed by atoms with Crippen molar-refractivity contribution in [2.75, 3.05) is 26.7 Å². The Morgan fingerprint density at radius 1 is 1.19 bits per heavy atom. The van der Waals surface area contributed by atoms with Gasteiger partial charge in [-0.25, -0.2) is 13.2 Å². The van der Waals surface area contributed by atoms with Gasteiger partial charge >= 0.3 is 5.69 Å². The van der Waals surface area contributed by atoms with Crippen LogP contribution in [0.15, 0.2) is 27.9 Å². The van der Waals surface area contributed by atoms with Crippen molar-refractivity contribution >= 4 is 21.1 Å². The molecule has 1 atom stereocenters. The number of aromatic amines is 2. The number of nitrogens with one attached hydrogen (secondary N) is 2. The van der Waals surface area contributed by atoms with Crippen LogP contribution < -0.4 is 5.69 Å². The molecule has 1 aromatic carbocycles. The smallest absolute Gasteiger partial charge is 0.306 e. The maximum absolute atomic E-state index is 12.8. The number of rotatable bonds is 2. The topological polar surface area (TPSA) is 89.3 Å². The van der Waals surface area contributed by atoms with Crippen LogP contribution >= 0.6 is 0 Å². The Hall–Kier alpha value is -1.64. The Morgan fingerprint density at radius 2 is 1.90 bits per heavy atom.